The Hall–Kier alpha value is -3.01. The van der Waals surface area contributed by atoms with Crippen molar-refractivity contribution >= 4 is 21.8 Å². The standard InChI is InChI=1S/C23H31NO3S.C4H4O4/c1-19-5-3-15-24(19)16-14-20-6-8-21(9-7-20)22-10-12-23(13-11-22)28(25,26)18-4-17-27-2;5-3(6)1-2-4(7)8/h6-13,19H,3-5,14-18H2,1-2H3;1-2H,(H,5,6)(H,7,8)/b;2-1-. The van der Waals surface area contributed by atoms with Gasteiger partial charge in [-0.15, -0.1) is 0 Å². The zero-order chi connectivity index (χ0) is 26.6. The molecule has 1 atom stereocenters. The lowest BCUT2D eigenvalue weighted by Gasteiger charge is -2.20. The van der Waals surface area contributed by atoms with Gasteiger partial charge in [-0.2, -0.15) is 0 Å². The summed E-state index contributed by atoms with van der Waals surface area (Å²) < 4.78 is 29.6. The minimum Gasteiger partial charge on any atom is -0.478 e. The zero-order valence-electron chi connectivity index (χ0n) is 20.8. The summed E-state index contributed by atoms with van der Waals surface area (Å²) in [5, 5.41) is 15.6. The van der Waals surface area contributed by atoms with Crippen LogP contribution in [0.2, 0.25) is 0 Å². The lowest BCUT2D eigenvalue weighted by molar-refractivity contribution is -0.134. The van der Waals surface area contributed by atoms with Crippen LogP contribution >= 0.6 is 0 Å². The Morgan fingerprint density at radius 3 is 2.03 bits per heavy atom. The van der Waals surface area contributed by atoms with Gasteiger partial charge in [-0.25, -0.2) is 18.0 Å². The number of carboxylic acids is 2. The summed E-state index contributed by atoms with van der Waals surface area (Å²) in [5.74, 6) is -2.40. The molecule has 1 saturated heterocycles. The molecular weight excluding hydrogens is 482 g/mol. The van der Waals surface area contributed by atoms with Crippen LogP contribution in [0.4, 0.5) is 0 Å². The van der Waals surface area contributed by atoms with Crippen molar-refractivity contribution in [2.45, 2.75) is 43.5 Å². The predicted octanol–water partition coefficient (Wildman–Crippen LogP) is 3.90. The van der Waals surface area contributed by atoms with Crippen molar-refractivity contribution in [1.29, 1.82) is 0 Å². The Balaban J connectivity index is 0.000000493. The summed E-state index contributed by atoms with van der Waals surface area (Å²) in [6.45, 7) is 5.12. The van der Waals surface area contributed by atoms with Gasteiger partial charge in [0.2, 0.25) is 0 Å². The van der Waals surface area contributed by atoms with Gasteiger partial charge in [0.25, 0.3) is 0 Å². The molecule has 0 amide bonds. The number of hydrogen-bond donors (Lipinski definition) is 2. The number of ether oxygens (including phenoxy) is 1. The van der Waals surface area contributed by atoms with E-state index in [1.54, 1.807) is 19.2 Å². The predicted molar refractivity (Wildman–Crippen MR) is 139 cm³/mol. The largest absolute Gasteiger partial charge is 0.478 e. The van der Waals surface area contributed by atoms with Crippen LogP contribution in [0.25, 0.3) is 11.1 Å². The van der Waals surface area contributed by atoms with Gasteiger partial charge in [0.1, 0.15) is 0 Å². The fraction of sp³-hybridized carbons (Fsp3) is 0.407. The van der Waals surface area contributed by atoms with Crippen LogP contribution in [-0.4, -0.2) is 74.1 Å². The molecule has 36 heavy (non-hydrogen) atoms. The maximum absolute atomic E-state index is 12.3. The van der Waals surface area contributed by atoms with Crippen molar-refractivity contribution in [3.63, 3.8) is 0 Å². The summed E-state index contributed by atoms with van der Waals surface area (Å²) in [4.78, 5) is 22.1. The summed E-state index contributed by atoms with van der Waals surface area (Å²) in [5.41, 5.74) is 3.50. The highest BCUT2D eigenvalue weighted by molar-refractivity contribution is 7.91. The number of benzene rings is 2. The molecule has 0 aliphatic carbocycles. The lowest BCUT2D eigenvalue weighted by Crippen LogP contribution is -2.28. The molecule has 0 aromatic heterocycles. The Labute approximate surface area is 213 Å². The maximum atomic E-state index is 12.3. The molecule has 2 aromatic carbocycles. The minimum absolute atomic E-state index is 0.116. The number of aliphatic carboxylic acids is 2. The van der Waals surface area contributed by atoms with E-state index in [0.29, 0.717) is 36.1 Å². The van der Waals surface area contributed by atoms with E-state index in [1.165, 1.54) is 24.9 Å². The zero-order valence-corrected chi connectivity index (χ0v) is 21.6. The molecule has 1 aliphatic heterocycles. The van der Waals surface area contributed by atoms with E-state index >= 15 is 0 Å². The average molecular weight is 518 g/mol. The molecule has 0 spiro atoms. The van der Waals surface area contributed by atoms with Gasteiger partial charge in [0.05, 0.1) is 10.6 Å². The fourth-order valence-electron chi connectivity index (χ4n) is 3.97. The van der Waals surface area contributed by atoms with E-state index in [-0.39, 0.29) is 5.75 Å². The summed E-state index contributed by atoms with van der Waals surface area (Å²) >= 11 is 0. The third-order valence-corrected chi connectivity index (χ3v) is 7.83. The van der Waals surface area contributed by atoms with E-state index < -0.39 is 21.8 Å². The molecule has 2 aromatic rings. The van der Waals surface area contributed by atoms with Crippen molar-refractivity contribution < 1.29 is 33.0 Å². The molecular formula is C27H35NO7S. The first-order chi connectivity index (χ1) is 17.1. The van der Waals surface area contributed by atoms with Crippen LogP contribution in [0.5, 0.6) is 0 Å². The molecule has 9 heteroatoms. The Morgan fingerprint density at radius 1 is 1.00 bits per heavy atom. The second kappa shape index (κ2) is 14.5. The van der Waals surface area contributed by atoms with Crippen LogP contribution in [0.3, 0.4) is 0 Å². The van der Waals surface area contributed by atoms with Gasteiger partial charge < -0.3 is 19.8 Å². The molecule has 1 aliphatic rings. The molecule has 3 rings (SSSR count). The van der Waals surface area contributed by atoms with Crippen LogP contribution in [0, 0.1) is 0 Å². The van der Waals surface area contributed by atoms with Gasteiger partial charge in [-0.05, 0) is 68.0 Å². The summed E-state index contributed by atoms with van der Waals surface area (Å²) in [6.07, 6.45) is 5.33. The number of hydrogen-bond acceptors (Lipinski definition) is 6. The molecule has 0 saturated carbocycles. The van der Waals surface area contributed by atoms with Crippen molar-refractivity contribution in [1.82, 2.24) is 4.90 Å². The van der Waals surface area contributed by atoms with Gasteiger partial charge in [0.15, 0.2) is 9.84 Å². The molecule has 2 N–H and O–H groups in total. The van der Waals surface area contributed by atoms with E-state index in [2.05, 4.69) is 36.1 Å². The van der Waals surface area contributed by atoms with Crippen molar-refractivity contribution in [2.24, 2.45) is 0 Å². The number of carbonyl (C=O) groups is 2. The number of sulfone groups is 1. The van der Waals surface area contributed by atoms with Crippen molar-refractivity contribution in [3.05, 3.63) is 66.2 Å². The quantitative estimate of drug-likeness (QED) is 0.340. The SMILES string of the molecule is COCCCS(=O)(=O)c1ccc(-c2ccc(CCN3CCCC3C)cc2)cc1.O=C(O)/C=C\C(=O)O. The topological polar surface area (TPSA) is 121 Å². The molecule has 1 unspecified atom stereocenters. The molecule has 1 heterocycles. The van der Waals surface area contributed by atoms with Crippen molar-refractivity contribution in [3.8, 4) is 11.1 Å². The normalized spacial score (nSPS) is 16.0. The molecule has 0 radical (unpaired) electrons. The number of nitrogens with zero attached hydrogens (tertiary/aromatic N) is 1. The van der Waals surface area contributed by atoms with Gasteiger partial charge in [-0.3, -0.25) is 0 Å². The highest BCUT2D eigenvalue weighted by Crippen LogP contribution is 2.23. The fourth-order valence-corrected chi connectivity index (χ4v) is 5.25. The Kier molecular flexibility index (Phi) is 11.8. The Morgan fingerprint density at radius 2 is 1.56 bits per heavy atom. The highest BCUT2D eigenvalue weighted by atomic mass is 32.2. The number of carboxylic acid groups (broad SMARTS) is 2. The first kappa shape index (κ1) is 29.2. The third kappa shape index (κ3) is 9.93. The monoisotopic (exact) mass is 517 g/mol. The Bertz CT molecular complexity index is 1090. The van der Waals surface area contributed by atoms with Crippen LogP contribution in [0.1, 0.15) is 31.7 Å². The smallest absolute Gasteiger partial charge is 0.328 e. The van der Waals surface area contributed by atoms with Crippen LogP contribution in [-0.2, 0) is 30.6 Å². The summed E-state index contributed by atoms with van der Waals surface area (Å²) in [7, 11) is -1.66. The van der Waals surface area contributed by atoms with Crippen LogP contribution in [0.15, 0.2) is 65.6 Å². The average Bonchev–Trinajstić information content (AvgIpc) is 3.27. The lowest BCUT2D eigenvalue weighted by atomic mass is 10.0. The second-order valence-corrected chi connectivity index (χ2v) is 10.8. The first-order valence-electron chi connectivity index (χ1n) is 11.9. The first-order valence-corrected chi connectivity index (χ1v) is 13.6. The maximum Gasteiger partial charge on any atom is 0.328 e. The molecule has 0 bridgehead atoms. The number of likely N-dealkylation sites (tertiary alicyclic amines) is 1. The number of methoxy groups -OCH3 is 1. The number of rotatable bonds is 11. The third-order valence-electron chi connectivity index (χ3n) is 6.01. The van der Waals surface area contributed by atoms with E-state index in [9.17, 15) is 18.0 Å². The van der Waals surface area contributed by atoms with Gasteiger partial charge in [0, 0.05) is 38.5 Å². The second-order valence-electron chi connectivity index (χ2n) is 8.67. The highest BCUT2D eigenvalue weighted by Gasteiger charge is 2.19. The molecule has 196 valence electrons. The molecule has 8 nitrogen and oxygen atoms in total. The van der Waals surface area contributed by atoms with Crippen molar-refractivity contribution in [2.75, 3.05) is 32.6 Å². The van der Waals surface area contributed by atoms with E-state index in [1.807, 2.05) is 12.1 Å². The molecule has 1 fully saturated rings. The summed E-state index contributed by atoms with van der Waals surface area (Å²) in [6, 6.07) is 16.5. The minimum atomic E-state index is -3.24. The van der Waals surface area contributed by atoms with Crippen LogP contribution < -0.4 is 0 Å². The van der Waals surface area contributed by atoms with E-state index in [0.717, 1.165) is 24.1 Å². The van der Waals surface area contributed by atoms with E-state index in [4.69, 9.17) is 14.9 Å². The van der Waals surface area contributed by atoms with Gasteiger partial charge >= 0.3 is 11.9 Å². The van der Waals surface area contributed by atoms with Gasteiger partial charge in [-0.1, -0.05) is 36.4 Å².